The first kappa shape index (κ1) is 16.5. The quantitative estimate of drug-likeness (QED) is 0.593. The molecule has 0 amide bonds. The first-order valence-corrected chi connectivity index (χ1v) is 8.06. The van der Waals surface area contributed by atoms with Crippen LogP contribution in [0.4, 0.5) is 5.13 Å². The van der Waals surface area contributed by atoms with Crippen LogP contribution in [0.2, 0.25) is 0 Å². The van der Waals surface area contributed by atoms with Crippen LogP contribution in [-0.4, -0.2) is 24.9 Å². The maximum Gasteiger partial charge on any atom is 0.203 e. The molecule has 1 heterocycles. The van der Waals surface area contributed by atoms with Crippen molar-refractivity contribution < 1.29 is 9.47 Å². The van der Waals surface area contributed by atoms with Crippen LogP contribution in [0.1, 0.15) is 30.2 Å². The molecule has 6 heteroatoms. The number of aryl methyl sites for hydroxylation is 1. The maximum atomic E-state index is 5.72. The van der Waals surface area contributed by atoms with E-state index in [0.717, 1.165) is 34.1 Å². The second-order valence-electron chi connectivity index (χ2n) is 4.81. The fourth-order valence-electron chi connectivity index (χ4n) is 1.87. The van der Waals surface area contributed by atoms with Crippen molar-refractivity contribution in [2.75, 3.05) is 19.1 Å². The summed E-state index contributed by atoms with van der Waals surface area (Å²) in [5.41, 5.74) is 5.92. The molecule has 0 aliphatic heterocycles. The van der Waals surface area contributed by atoms with Gasteiger partial charge in [-0.3, -0.25) is 5.43 Å². The van der Waals surface area contributed by atoms with Crippen molar-refractivity contribution >= 4 is 22.7 Å². The molecule has 0 radical (unpaired) electrons. The number of nitrogens with one attached hydrogen (secondary N) is 1. The van der Waals surface area contributed by atoms with Gasteiger partial charge >= 0.3 is 0 Å². The number of anilines is 1. The van der Waals surface area contributed by atoms with E-state index in [2.05, 4.69) is 22.4 Å². The second-order valence-corrected chi connectivity index (χ2v) is 5.67. The molecule has 0 aliphatic rings. The number of benzene rings is 1. The van der Waals surface area contributed by atoms with Crippen molar-refractivity contribution in [1.29, 1.82) is 0 Å². The van der Waals surface area contributed by atoms with Gasteiger partial charge in [-0.15, -0.1) is 11.3 Å². The number of hydrazone groups is 1. The smallest absolute Gasteiger partial charge is 0.203 e. The van der Waals surface area contributed by atoms with E-state index in [1.807, 2.05) is 30.5 Å². The molecule has 2 aromatic rings. The molecular weight excluding hydrogens is 298 g/mol. The van der Waals surface area contributed by atoms with Crippen molar-refractivity contribution in [3.05, 3.63) is 40.4 Å². The lowest BCUT2D eigenvalue weighted by atomic mass is 10.1. The summed E-state index contributed by atoms with van der Waals surface area (Å²) < 4.78 is 11.0. The van der Waals surface area contributed by atoms with Gasteiger partial charge in [0.25, 0.3) is 0 Å². The zero-order valence-corrected chi connectivity index (χ0v) is 13.9. The van der Waals surface area contributed by atoms with Crippen LogP contribution in [0.15, 0.2) is 28.7 Å². The molecule has 2 rings (SSSR count). The Balaban J connectivity index is 2.05. The molecule has 0 spiro atoms. The molecule has 0 fully saturated rings. The molecular formula is C16H21N3O2S. The zero-order chi connectivity index (χ0) is 15.8. The van der Waals surface area contributed by atoms with E-state index in [0.29, 0.717) is 13.2 Å². The first-order chi connectivity index (χ1) is 10.7. The third-order valence-electron chi connectivity index (χ3n) is 2.84. The average molecular weight is 319 g/mol. The maximum absolute atomic E-state index is 5.72. The van der Waals surface area contributed by atoms with Crippen molar-refractivity contribution in [3.63, 3.8) is 0 Å². The van der Waals surface area contributed by atoms with Crippen LogP contribution >= 0.6 is 11.3 Å². The first-order valence-electron chi connectivity index (χ1n) is 7.18. The number of hydrogen-bond acceptors (Lipinski definition) is 6. The van der Waals surface area contributed by atoms with Crippen LogP contribution < -0.4 is 10.2 Å². The minimum absolute atomic E-state index is 0.514. The molecule has 1 N–H and O–H groups in total. The Hall–Kier alpha value is -1.92. The highest BCUT2D eigenvalue weighted by Gasteiger charge is 2.04. The van der Waals surface area contributed by atoms with Crippen LogP contribution in [-0.2, 0) is 11.3 Å². The standard InChI is InChI=1S/C16H21N3O2S/c1-4-7-21-15-6-5-13(8-14(15)10-20-3)9-17-19-16-18-12(2)11-22-16/h5-6,8-9,11H,4,7,10H2,1-3H3,(H,18,19). The lowest BCUT2D eigenvalue weighted by Gasteiger charge is -2.11. The van der Waals surface area contributed by atoms with Crippen molar-refractivity contribution in [1.82, 2.24) is 4.98 Å². The van der Waals surface area contributed by atoms with Crippen LogP contribution in [0.5, 0.6) is 5.75 Å². The summed E-state index contributed by atoms with van der Waals surface area (Å²) in [6.07, 6.45) is 2.74. The van der Waals surface area contributed by atoms with Gasteiger partial charge in [0.1, 0.15) is 5.75 Å². The minimum Gasteiger partial charge on any atom is -0.493 e. The molecule has 0 unspecified atom stereocenters. The Labute approximate surface area is 135 Å². The Morgan fingerprint density at radius 1 is 1.41 bits per heavy atom. The van der Waals surface area contributed by atoms with E-state index in [4.69, 9.17) is 9.47 Å². The highest BCUT2D eigenvalue weighted by molar-refractivity contribution is 7.13. The van der Waals surface area contributed by atoms with Gasteiger partial charge < -0.3 is 9.47 Å². The molecule has 0 bridgehead atoms. The van der Waals surface area contributed by atoms with Crippen molar-refractivity contribution in [3.8, 4) is 5.75 Å². The predicted molar refractivity (Wildman–Crippen MR) is 91.0 cm³/mol. The summed E-state index contributed by atoms with van der Waals surface area (Å²) in [5, 5.41) is 6.98. The summed E-state index contributed by atoms with van der Waals surface area (Å²) in [5.74, 6) is 0.865. The number of aromatic nitrogens is 1. The van der Waals surface area contributed by atoms with E-state index in [-0.39, 0.29) is 0 Å². The topological polar surface area (TPSA) is 55.7 Å². The fourth-order valence-corrected chi connectivity index (χ4v) is 2.51. The molecule has 118 valence electrons. The zero-order valence-electron chi connectivity index (χ0n) is 13.1. The summed E-state index contributed by atoms with van der Waals surface area (Å²) in [7, 11) is 1.68. The van der Waals surface area contributed by atoms with Crippen molar-refractivity contribution in [2.24, 2.45) is 5.10 Å². The van der Waals surface area contributed by atoms with E-state index in [1.54, 1.807) is 13.3 Å². The summed E-state index contributed by atoms with van der Waals surface area (Å²) >= 11 is 1.53. The van der Waals surface area contributed by atoms with E-state index in [9.17, 15) is 0 Å². The van der Waals surface area contributed by atoms with Gasteiger partial charge in [0.15, 0.2) is 0 Å². The molecule has 0 saturated heterocycles. The second kappa shape index (κ2) is 8.51. The van der Waals surface area contributed by atoms with Crippen LogP contribution in [0.25, 0.3) is 0 Å². The summed E-state index contributed by atoms with van der Waals surface area (Å²) in [6, 6.07) is 5.95. The molecule has 0 atom stereocenters. The van der Waals surface area contributed by atoms with E-state index in [1.165, 1.54) is 11.3 Å². The molecule has 0 aliphatic carbocycles. The third-order valence-corrected chi connectivity index (χ3v) is 3.70. The highest BCUT2D eigenvalue weighted by Crippen LogP contribution is 2.21. The number of nitrogens with zero attached hydrogens (tertiary/aromatic N) is 2. The van der Waals surface area contributed by atoms with Gasteiger partial charge in [0.05, 0.1) is 25.1 Å². The molecule has 1 aromatic carbocycles. The normalized spacial score (nSPS) is 11.0. The largest absolute Gasteiger partial charge is 0.493 e. The van der Waals surface area contributed by atoms with Gasteiger partial charge in [-0.25, -0.2) is 4.98 Å². The third kappa shape index (κ3) is 4.82. The summed E-state index contributed by atoms with van der Waals surface area (Å²) in [4.78, 5) is 4.29. The Bertz CT molecular complexity index is 626. The number of hydrogen-bond donors (Lipinski definition) is 1. The fraction of sp³-hybridized carbons (Fsp3) is 0.375. The number of methoxy groups -OCH3 is 1. The average Bonchev–Trinajstić information content (AvgIpc) is 2.92. The molecule has 5 nitrogen and oxygen atoms in total. The highest BCUT2D eigenvalue weighted by atomic mass is 32.1. The molecule has 0 saturated carbocycles. The van der Waals surface area contributed by atoms with Crippen LogP contribution in [0.3, 0.4) is 0 Å². The summed E-state index contributed by atoms with van der Waals surface area (Å²) in [6.45, 7) is 5.26. The van der Waals surface area contributed by atoms with Gasteiger partial charge in [-0.1, -0.05) is 6.92 Å². The van der Waals surface area contributed by atoms with Crippen LogP contribution in [0, 0.1) is 6.92 Å². The molecule has 22 heavy (non-hydrogen) atoms. The van der Waals surface area contributed by atoms with Crippen molar-refractivity contribution in [2.45, 2.75) is 26.9 Å². The van der Waals surface area contributed by atoms with Gasteiger partial charge in [-0.2, -0.15) is 5.10 Å². The van der Waals surface area contributed by atoms with Gasteiger partial charge in [0, 0.05) is 18.1 Å². The minimum atomic E-state index is 0.514. The van der Waals surface area contributed by atoms with Gasteiger partial charge in [-0.05, 0) is 37.1 Å². The van der Waals surface area contributed by atoms with Gasteiger partial charge in [0.2, 0.25) is 5.13 Å². The lowest BCUT2D eigenvalue weighted by molar-refractivity contribution is 0.179. The van der Waals surface area contributed by atoms with E-state index >= 15 is 0 Å². The predicted octanol–water partition coefficient (Wildman–Crippen LogP) is 3.83. The SMILES string of the molecule is CCCOc1ccc(C=NNc2nc(C)cs2)cc1COC. The number of thiazole rings is 1. The molecule has 1 aromatic heterocycles. The number of rotatable bonds is 8. The number of ether oxygens (including phenoxy) is 2. The Morgan fingerprint density at radius 2 is 2.27 bits per heavy atom. The van der Waals surface area contributed by atoms with E-state index < -0.39 is 0 Å². The lowest BCUT2D eigenvalue weighted by Crippen LogP contribution is -2.01. The Kier molecular flexibility index (Phi) is 6.36. The Morgan fingerprint density at radius 3 is 2.95 bits per heavy atom. The monoisotopic (exact) mass is 319 g/mol.